The average Bonchev–Trinajstić information content (AvgIpc) is 2.41. The van der Waals surface area contributed by atoms with Gasteiger partial charge in [-0.1, -0.05) is 12.2 Å². The number of anilines is 1. The SMILES string of the molecule is Cc1nnc(N(C)CC2(O)CCOCC2)c(C(N)=S)c1C. The Morgan fingerprint density at radius 1 is 1.38 bits per heavy atom. The van der Waals surface area contributed by atoms with Crippen molar-refractivity contribution in [2.75, 3.05) is 31.7 Å². The molecule has 0 saturated carbocycles. The van der Waals surface area contributed by atoms with Crippen molar-refractivity contribution in [2.24, 2.45) is 5.73 Å². The maximum Gasteiger partial charge on any atom is 0.161 e. The highest BCUT2D eigenvalue weighted by Crippen LogP contribution is 2.26. The minimum Gasteiger partial charge on any atom is -0.389 e. The lowest BCUT2D eigenvalue weighted by Crippen LogP contribution is -2.46. The van der Waals surface area contributed by atoms with E-state index in [4.69, 9.17) is 22.7 Å². The molecule has 0 radical (unpaired) electrons. The van der Waals surface area contributed by atoms with E-state index < -0.39 is 5.60 Å². The Labute approximate surface area is 130 Å². The van der Waals surface area contributed by atoms with Crippen LogP contribution in [0.3, 0.4) is 0 Å². The Balaban J connectivity index is 2.28. The summed E-state index contributed by atoms with van der Waals surface area (Å²) in [5, 5.41) is 19.0. The molecule has 0 atom stereocenters. The van der Waals surface area contributed by atoms with Gasteiger partial charge >= 0.3 is 0 Å². The molecule has 1 aliphatic rings. The molecule has 116 valence electrons. The minimum absolute atomic E-state index is 0.298. The van der Waals surface area contributed by atoms with E-state index in [2.05, 4.69) is 10.2 Å². The van der Waals surface area contributed by atoms with E-state index in [-0.39, 0.29) is 0 Å². The summed E-state index contributed by atoms with van der Waals surface area (Å²) >= 11 is 5.15. The number of aliphatic hydroxyl groups is 1. The molecule has 0 aromatic carbocycles. The maximum absolute atomic E-state index is 10.6. The molecule has 0 spiro atoms. The number of rotatable bonds is 4. The van der Waals surface area contributed by atoms with Gasteiger partial charge in [0.05, 0.1) is 16.9 Å². The van der Waals surface area contributed by atoms with Crippen LogP contribution in [0.15, 0.2) is 0 Å². The van der Waals surface area contributed by atoms with E-state index in [0.717, 1.165) is 16.8 Å². The van der Waals surface area contributed by atoms with Crippen molar-refractivity contribution in [2.45, 2.75) is 32.3 Å². The van der Waals surface area contributed by atoms with Crippen LogP contribution in [0.2, 0.25) is 0 Å². The van der Waals surface area contributed by atoms with Crippen molar-refractivity contribution < 1.29 is 9.84 Å². The number of hydrogen-bond donors (Lipinski definition) is 2. The van der Waals surface area contributed by atoms with E-state index in [0.29, 0.717) is 43.4 Å². The molecule has 7 heteroatoms. The lowest BCUT2D eigenvalue weighted by molar-refractivity contribution is -0.0573. The second-order valence-corrected chi connectivity index (χ2v) is 6.11. The summed E-state index contributed by atoms with van der Waals surface area (Å²) in [5.41, 5.74) is 7.53. The molecule has 2 heterocycles. The molecule has 0 bridgehead atoms. The minimum atomic E-state index is -0.777. The molecule has 1 saturated heterocycles. The molecule has 21 heavy (non-hydrogen) atoms. The predicted molar refractivity (Wildman–Crippen MR) is 85.7 cm³/mol. The first-order valence-corrected chi connectivity index (χ1v) is 7.40. The van der Waals surface area contributed by atoms with Gasteiger partial charge in [-0.3, -0.25) is 0 Å². The molecule has 1 aliphatic heterocycles. The second-order valence-electron chi connectivity index (χ2n) is 5.67. The average molecular weight is 310 g/mol. The summed E-state index contributed by atoms with van der Waals surface area (Å²) in [6.45, 7) is 5.40. The summed E-state index contributed by atoms with van der Waals surface area (Å²) in [6.07, 6.45) is 1.22. The van der Waals surface area contributed by atoms with Gasteiger partial charge in [0.2, 0.25) is 0 Å². The molecule has 1 aromatic rings. The van der Waals surface area contributed by atoms with Crippen LogP contribution >= 0.6 is 12.2 Å². The molecule has 0 amide bonds. The van der Waals surface area contributed by atoms with Crippen LogP contribution < -0.4 is 10.6 Å². The molecule has 0 unspecified atom stereocenters. The normalized spacial score (nSPS) is 17.5. The summed E-state index contributed by atoms with van der Waals surface area (Å²) in [7, 11) is 1.87. The number of nitrogens with two attached hydrogens (primary N) is 1. The van der Waals surface area contributed by atoms with Gasteiger partial charge in [-0.25, -0.2) is 0 Å². The van der Waals surface area contributed by atoms with Gasteiger partial charge in [0.15, 0.2) is 5.82 Å². The Bertz CT molecular complexity index is 544. The smallest absolute Gasteiger partial charge is 0.161 e. The topological polar surface area (TPSA) is 84.5 Å². The number of ether oxygens (including phenoxy) is 1. The quantitative estimate of drug-likeness (QED) is 0.792. The Morgan fingerprint density at radius 3 is 2.57 bits per heavy atom. The zero-order valence-corrected chi connectivity index (χ0v) is 13.5. The summed E-state index contributed by atoms with van der Waals surface area (Å²) in [5.74, 6) is 0.616. The van der Waals surface area contributed by atoms with E-state index in [1.165, 1.54) is 0 Å². The maximum atomic E-state index is 10.6. The van der Waals surface area contributed by atoms with Gasteiger partial charge in [0.1, 0.15) is 4.99 Å². The summed E-state index contributed by atoms with van der Waals surface area (Å²) < 4.78 is 5.30. The number of likely N-dealkylation sites (N-methyl/N-ethyl adjacent to an activating group) is 1. The van der Waals surface area contributed by atoms with E-state index in [9.17, 15) is 5.11 Å². The van der Waals surface area contributed by atoms with Gasteiger partial charge in [0.25, 0.3) is 0 Å². The Kier molecular flexibility index (Phi) is 4.75. The third-order valence-corrected chi connectivity index (χ3v) is 4.20. The van der Waals surface area contributed by atoms with Gasteiger partial charge in [-0.15, -0.1) is 5.10 Å². The van der Waals surface area contributed by atoms with Crippen molar-refractivity contribution >= 4 is 23.0 Å². The monoisotopic (exact) mass is 310 g/mol. The Hall–Kier alpha value is -1.31. The molecule has 3 N–H and O–H groups in total. The van der Waals surface area contributed by atoms with E-state index in [1.54, 1.807) is 0 Å². The molecular formula is C14H22N4O2S. The van der Waals surface area contributed by atoms with Crippen LogP contribution in [0.4, 0.5) is 5.82 Å². The second kappa shape index (κ2) is 6.21. The van der Waals surface area contributed by atoms with Gasteiger partial charge in [-0.05, 0) is 19.4 Å². The third-order valence-electron chi connectivity index (χ3n) is 4.00. The third kappa shape index (κ3) is 3.48. The fraction of sp³-hybridized carbons (Fsp3) is 0.643. The van der Waals surface area contributed by atoms with Crippen LogP contribution in [-0.2, 0) is 4.74 Å². The summed E-state index contributed by atoms with van der Waals surface area (Å²) in [6, 6.07) is 0. The number of nitrogens with zero attached hydrogens (tertiary/aromatic N) is 3. The highest BCUT2D eigenvalue weighted by Gasteiger charge is 2.32. The van der Waals surface area contributed by atoms with Gasteiger partial charge in [0, 0.05) is 39.6 Å². The van der Waals surface area contributed by atoms with Crippen LogP contribution in [0.1, 0.15) is 29.7 Å². The number of aryl methyl sites for hydroxylation is 1. The van der Waals surface area contributed by atoms with Crippen molar-refractivity contribution in [3.05, 3.63) is 16.8 Å². The van der Waals surface area contributed by atoms with Crippen LogP contribution in [0.5, 0.6) is 0 Å². The van der Waals surface area contributed by atoms with E-state index in [1.807, 2.05) is 25.8 Å². The number of hydrogen-bond acceptors (Lipinski definition) is 6. The zero-order valence-electron chi connectivity index (χ0n) is 12.7. The fourth-order valence-electron chi connectivity index (χ4n) is 2.58. The lowest BCUT2D eigenvalue weighted by Gasteiger charge is -2.36. The van der Waals surface area contributed by atoms with Crippen molar-refractivity contribution in [1.29, 1.82) is 0 Å². The largest absolute Gasteiger partial charge is 0.389 e. The Morgan fingerprint density at radius 2 is 2.00 bits per heavy atom. The van der Waals surface area contributed by atoms with Gasteiger partial charge in [-0.2, -0.15) is 5.10 Å². The fourth-order valence-corrected chi connectivity index (χ4v) is 2.83. The zero-order chi connectivity index (χ0) is 15.6. The molecular weight excluding hydrogens is 288 g/mol. The molecule has 1 aromatic heterocycles. The summed E-state index contributed by atoms with van der Waals surface area (Å²) in [4.78, 5) is 2.17. The van der Waals surface area contributed by atoms with Crippen LogP contribution in [0, 0.1) is 13.8 Å². The van der Waals surface area contributed by atoms with Crippen molar-refractivity contribution in [1.82, 2.24) is 10.2 Å². The first-order chi connectivity index (χ1) is 9.84. The number of thiocarbonyl (C=S) groups is 1. The van der Waals surface area contributed by atoms with Crippen molar-refractivity contribution in [3.63, 3.8) is 0 Å². The lowest BCUT2D eigenvalue weighted by atomic mass is 9.93. The molecule has 0 aliphatic carbocycles. The standard InChI is InChI=1S/C14H22N4O2S/c1-9-10(2)16-17-13(11(9)12(15)21)18(3)8-14(19)4-6-20-7-5-14/h19H,4-8H2,1-3H3,(H2,15,21). The van der Waals surface area contributed by atoms with Crippen LogP contribution in [0.25, 0.3) is 0 Å². The number of aromatic nitrogens is 2. The molecule has 2 rings (SSSR count). The first-order valence-electron chi connectivity index (χ1n) is 6.99. The first kappa shape index (κ1) is 16.1. The highest BCUT2D eigenvalue weighted by molar-refractivity contribution is 7.80. The predicted octanol–water partition coefficient (Wildman–Crippen LogP) is 0.705. The van der Waals surface area contributed by atoms with E-state index >= 15 is 0 Å². The molecule has 1 fully saturated rings. The van der Waals surface area contributed by atoms with Crippen molar-refractivity contribution in [3.8, 4) is 0 Å². The molecule has 6 nitrogen and oxygen atoms in total. The van der Waals surface area contributed by atoms with Crippen LogP contribution in [-0.4, -0.2) is 52.7 Å². The highest BCUT2D eigenvalue weighted by atomic mass is 32.1. The van der Waals surface area contributed by atoms with Gasteiger partial charge < -0.3 is 20.5 Å².